The Labute approximate surface area is 124 Å². The minimum Gasteiger partial charge on any atom is -0.300 e. The highest BCUT2D eigenvalue weighted by atomic mass is 16.2. The molecule has 0 aliphatic rings. The summed E-state index contributed by atoms with van der Waals surface area (Å²) in [5.74, 6) is 0. The lowest BCUT2D eigenvalue weighted by Gasteiger charge is -2.09. The lowest BCUT2D eigenvalue weighted by Crippen LogP contribution is -2.39. The van der Waals surface area contributed by atoms with Crippen molar-refractivity contribution in [1.29, 1.82) is 0 Å². The van der Waals surface area contributed by atoms with E-state index in [0.717, 1.165) is 25.7 Å². The molecule has 0 radical (unpaired) electrons. The van der Waals surface area contributed by atoms with Crippen molar-refractivity contribution in [3.8, 4) is 0 Å². The van der Waals surface area contributed by atoms with Gasteiger partial charge in [-0.25, -0.2) is 4.79 Å². The summed E-state index contributed by atoms with van der Waals surface area (Å²) in [5.41, 5.74) is 0.900. The molecule has 1 heterocycles. The summed E-state index contributed by atoms with van der Waals surface area (Å²) in [5, 5.41) is 0. The molecule has 0 aliphatic carbocycles. The fourth-order valence-electron chi connectivity index (χ4n) is 2.42. The van der Waals surface area contributed by atoms with Gasteiger partial charge in [-0.1, -0.05) is 37.3 Å². The molecule has 0 amide bonds. The number of rotatable bonds is 7. The van der Waals surface area contributed by atoms with E-state index in [1.54, 1.807) is 10.8 Å². The van der Waals surface area contributed by atoms with Crippen LogP contribution in [0.25, 0.3) is 0 Å². The molecule has 4 heteroatoms. The van der Waals surface area contributed by atoms with Crippen LogP contribution in [0.5, 0.6) is 0 Å². The maximum Gasteiger partial charge on any atom is 0.330 e. The third-order valence-electron chi connectivity index (χ3n) is 3.54. The maximum absolute atomic E-state index is 12.2. The van der Waals surface area contributed by atoms with Crippen molar-refractivity contribution >= 4 is 0 Å². The van der Waals surface area contributed by atoms with Gasteiger partial charge in [-0.3, -0.25) is 9.36 Å². The standard InChI is InChI=1S/C17H22N2O2/c1-2-12-18-14-11-16(20)19(17(18)21)13-7-6-10-15-8-4-3-5-9-15/h3-5,8-9,11,14H,2,6-7,10,12-13H2,1H3. The lowest BCUT2D eigenvalue weighted by atomic mass is 10.1. The predicted molar refractivity (Wildman–Crippen MR) is 84.6 cm³/mol. The summed E-state index contributed by atoms with van der Waals surface area (Å²) >= 11 is 0. The second-order valence-corrected chi connectivity index (χ2v) is 5.22. The highest BCUT2D eigenvalue weighted by Crippen LogP contribution is 2.04. The van der Waals surface area contributed by atoms with E-state index in [4.69, 9.17) is 0 Å². The first-order chi connectivity index (χ1) is 10.2. The molecule has 0 aliphatic heterocycles. The van der Waals surface area contributed by atoms with E-state index >= 15 is 0 Å². The Bertz CT molecular complexity index is 671. The van der Waals surface area contributed by atoms with Crippen LogP contribution >= 0.6 is 0 Å². The summed E-state index contributed by atoms with van der Waals surface area (Å²) in [6.45, 7) is 3.17. The molecule has 2 rings (SSSR count). The number of hydrogen-bond donors (Lipinski definition) is 0. The van der Waals surface area contributed by atoms with Crippen LogP contribution in [0.15, 0.2) is 52.2 Å². The van der Waals surface area contributed by atoms with Gasteiger partial charge in [0, 0.05) is 25.4 Å². The zero-order chi connectivity index (χ0) is 15.1. The van der Waals surface area contributed by atoms with Gasteiger partial charge in [0.2, 0.25) is 0 Å². The second-order valence-electron chi connectivity index (χ2n) is 5.22. The molecule has 4 nitrogen and oxygen atoms in total. The summed E-state index contributed by atoms with van der Waals surface area (Å²) < 4.78 is 2.96. The SMILES string of the molecule is CCCn1ccc(=O)n(CCCCc2ccccc2)c1=O. The van der Waals surface area contributed by atoms with Gasteiger partial charge in [0.05, 0.1) is 0 Å². The first kappa shape index (κ1) is 15.3. The van der Waals surface area contributed by atoms with Crippen molar-refractivity contribution in [2.24, 2.45) is 0 Å². The minimum absolute atomic E-state index is 0.191. The highest BCUT2D eigenvalue weighted by Gasteiger charge is 2.04. The largest absolute Gasteiger partial charge is 0.330 e. The van der Waals surface area contributed by atoms with Crippen LogP contribution in [0.4, 0.5) is 0 Å². The molecule has 0 fully saturated rings. The molecule has 2 aromatic rings. The van der Waals surface area contributed by atoms with Gasteiger partial charge in [0.15, 0.2) is 0 Å². The normalized spacial score (nSPS) is 10.7. The first-order valence-electron chi connectivity index (χ1n) is 7.56. The smallest absolute Gasteiger partial charge is 0.300 e. The van der Waals surface area contributed by atoms with Crippen LogP contribution in [-0.2, 0) is 19.5 Å². The zero-order valence-electron chi connectivity index (χ0n) is 12.5. The van der Waals surface area contributed by atoms with Crippen molar-refractivity contribution in [1.82, 2.24) is 9.13 Å². The monoisotopic (exact) mass is 286 g/mol. The van der Waals surface area contributed by atoms with E-state index in [-0.39, 0.29) is 11.2 Å². The zero-order valence-corrected chi connectivity index (χ0v) is 12.5. The van der Waals surface area contributed by atoms with Crippen LogP contribution in [-0.4, -0.2) is 9.13 Å². The Hall–Kier alpha value is -2.10. The summed E-state index contributed by atoms with van der Waals surface area (Å²) in [4.78, 5) is 24.0. The van der Waals surface area contributed by atoms with Crippen molar-refractivity contribution < 1.29 is 0 Å². The maximum atomic E-state index is 12.2. The Morgan fingerprint density at radius 1 is 0.952 bits per heavy atom. The number of hydrogen-bond acceptors (Lipinski definition) is 2. The van der Waals surface area contributed by atoms with Crippen molar-refractivity contribution in [3.05, 3.63) is 69.0 Å². The Morgan fingerprint density at radius 3 is 2.43 bits per heavy atom. The molecular formula is C17H22N2O2. The number of nitrogens with zero attached hydrogens (tertiary/aromatic N) is 2. The van der Waals surface area contributed by atoms with Gasteiger partial charge >= 0.3 is 5.69 Å². The molecule has 112 valence electrons. The average Bonchev–Trinajstić information content (AvgIpc) is 2.50. The minimum atomic E-state index is -0.202. The van der Waals surface area contributed by atoms with Gasteiger partial charge in [-0.2, -0.15) is 0 Å². The van der Waals surface area contributed by atoms with Gasteiger partial charge in [-0.05, 0) is 31.2 Å². The van der Waals surface area contributed by atoms with E-state index in [0.29, 0.717) is 13.1 Å². The number of unbranched alkanes of at least 4 members (excludes halogenated alkanes) is 1. The van der Waals surface area contributed by atoms with Crippen LogP contribution in [0, 0.1) is 0 Å². The van der Waals surface area contributed by atoms with Gasteiger partial charge < -0.3 is 4.57 Å². The molecule has 1 aromatic carbocycles. The van der Waals surface area contributed by atoms with Gasteiger partial charge in [0.1, 0.15) is 0 Å². The molecule has 21 heavy (non-hydrogen) atoms. The second kappa shape index (κ2) is 7.62. The predicted octanol–water partition coefficient (Wildman–Crippen LogP) is 2.44. The van der Waals surface area contributed by atoms with E-state index in [1.165, 1.54) is 16.2 Å². The van der Waals surface area contributed by atoms with Crippen LogP contribution in [0.3, 0.4) is 0 Å². The Balaban J connectivity index is 1.95. The van der Waals surface area contributed by atoms with Crippen LogP contribution in [0.1, 0.15) is 31.7 Å². The fraction of sp³-hybridized carbons (Fsp3) is 0.412. The average molecular weight is 286 g/mol. The quantitative estimate of drug-likeness (QED) is 0.734. The fourth-order valence-corrected chi connectivity index (χ4v) is 2.42. The molecule has 1 aromatic heterocycles. The molecule has 0 unspecified atom stereocenters. The molecule has 0 saturated carbocycles. The molecule has 0 bridgehead atoms. The summed E-state index contributed by atoms with van der Waals surface area (Å²) in [6.07, 6.45) is 5.26. The molecule has 0 saturated heterocycles. The molecule has 0 spiro atoms. The summed E-state index contributed by atoms with van der Waals surface area (Å²) in [6, 6.07) is 11.7. The van der Waals surface area contributed by atoms with E-state index in [9.17, 15) is 9.59 Å². The lowest BCUT2D eigenvalue weighted by molar-refractivity contribution is 0.519. The summed E-state index contributed by atoms with van der Waals surface area (Å²) in [7, 11) is 0. The molecule has 0 atom stereocenters. The molecular weight excluding hydrogens is 264 g/mol. The topological polar surface area (TPSA) is 44.0 Å². The third-order valence-corrected chi connectivity index (χ3v) is 3.54. The van der Waals surface area contributed by atoms with Crippen molar-refractivity contribution in [3.63, 3.8) is 0 Å². The number of benzene rings is 1. The highest BCUT2D eigenvalue weighted by molar-refractivity contribution is 5.14. The first-order valence-corrected chi connectivity index (χ1v) is 7.56. The van der Waals surface area contributed by atoms with Gasteiger partial charge in [0.25, 0.3) is 5.56 Å². The van der Waals surface area contributed by atoms with Crippen molar-refractivity contribution in [2.45, 2.75) is 45.7 Å². The van der Waals surface area contributed by atoms with E-state index in [1.807, 2.05) is 25.1 Å². The number of aromatic nitrogens is 2. The van der Waals surface area contributed by atoms with Crippen molar-refractivity contribution in [2.75, 3.05) is 0 Å². The van der Waals surface area contributed by atoms with Gasteiger partial charge in [-0.15, -0.1) is 0 Å². The van der Waals surface area contributed by atoms with Crippen LogP contribution < -0.4 is 11.2 Å². The third kappa shape index (κ3) is 4.18. The van der Waals surface area contributed by atoms with Crippen LogP contribution in [0.2, 0.25) is 0 Å². The number of aryl methyl sites for hydroxylation is 2. The Kier molecular flexibility index (Phi) is 5.55. The van der Waals surface area contributed by atoms with E-state index in [2.05, 4.69) is 12.1 Å². The Morgan fingerprint density at radius 2 is 1.71 bits per heavy atom. The van der Waals surface area contributed by atoms with E-state index < -0.39 is 0 Å². The molecule has 0 N–H and O–H groups in total.